The fourth-order valence-corrected chi connectivity index (χ4v) is 1.80. The summed E-state index contributed by atoms with van der Waals surface area (Å²) in [4.78, 5) is 0. The summed E-state index contributed by atoms with van der Waals surface area (Å²) in [6, 6.07) is 0. The zero-order valence-electron chi connectivity index (χ0n) is 11.9. The van der Waals surface area contributed by atoms with Gasteiger partial charge in [-0.05, 0) is 12.8 Å². The molecule has 0 aliphatic rings. The van der Waals surface area contributed by atoms with Crippen LogP contribution >= 0.6 is 7.91 Å². The highest BCUT2D eigenvalue weighted by atomic mass is 31.2. The Kier molecular flexibility index (Phi) is 13.0. The Labute approximate surface area is 115 Å². The lowest BCUT2D eigenvalue weighted by molar-refractivity contribution is 0.0643. The van der Waals surface area contributed by atoms with Crippen molar-refractivity contribution in [3.8, 4) is 0 Å². The van der Waals surface area contributed by atoms with Crippen LogP contribution < -0.4 is 0 Å². The molecule has 0 amide bonds. The highest BCUT2D eigenvalue weighted by Gasteiger charge is 2.23. The van der Waals surface area contributed by atoms with Crippen molar-refractivity contribution >= 4 is 7.91 Å². The Morgan fingerprint density at radius 1 is 0.789 bits per heavy atom. The number of ether oxygens (including phenoxy) is 2. The van der Waals surface area contributed by atoms with Gasteiger partial charge in [-0.3, -0.25) is 9.05 Å². The van der Waals surface area contributed by atoms with Crippen LogP contribution in [0.5, 0.6) is 0 Å². The Hall–Kier alpha value is -0.0000000000000000416. The summed E-state index contributed by atoms with van der Waals surface area (Å²) in [6.45, 7) is 5.57. The van der Waals surface area contributed by atoms with Gasteiger partial charge in [0.1, 0.15) is 0 Å². The maximum absolute atomic E-state index is 13.2. The topological polar surface area (TPSA) is 54.0 Å². The minimum Gasteiger partial charge on any atom is -0.379 e. The van der Waals surface area contributed by atoms with Gasteiger partial charge in [-0.1, -0.05) is 26.7 Å². The molecule has 0 aliphatic heterocycles. The van der Waals surface area contributed by atoms with Gasteiger partial charge in [-0.15, -0.1) is 4.20 Å². The third-order valence-corrected chi connectivity index (χ3v) is 3.21. The SMILES string of the molecule is CCCCOCCOP(=O)(F)OCCOCCCC. The van der Waals surface area contributed by atoms with E-state index < -0.39 is 7.91 Å². The van der Waals surface area contributed by atoms with Crippen molar-refractivity contribution in [1.82, 2.24) is 0 Å². The van der Waals surface area contributed by atoms with Crippen LogP contribution in [0.4, 0.5) is 4.20 Å². The zero-order valence-corrected chi connectivity index (χ0v) is 12.8. The second-order valence-corrected chi connectivity index (χ2v) is 5.41. The van der Waals surface area contributed by atoms with Gasteiger partial charge in [0.2, 0.25) is 0 Å². The molecule has 0 rings (SSSR count). The molecule has 0 saturated heterocycles. The van der Waals surface area contributed by atoms with Crippen LogP contribution in [-0.2, 0) is 23.1 Å². The molecule has 116 valence electrons. The van der Waals surface area contributed by atoms with E-state index in [1.54, 1.807) is 0 Å². The summed E-state index contributed by atoms with van der Waals surface area (Å²) < 4.78 is 43.8. The van der Waals surface area contributed by atoms with E-state index in [-0.39, 0.29) is 26.4 Å². The summed E-state index contributed by atoms with van der Waals surface area (Å²) >= 11 is 0. The van der Waals surface area contributed by atoms with Crippen LogP contribution in [0.2, 0.25) is 0 Å². The fourth-order valence-electron chi connectivity index (χ4n) is 1.14. The minimum atomic E-state index is -4.46. The van der Waals surface area contributed by atoms with Crippen LogP contribution in [0.15, 0.2) is 0 Å². The lowest BCUT2D eigenvalue weighted by Gasteiger charge is -2.10. The fraction of sp³-hybridized carbons (Fsp3) is 1.00. The van der Waals surface area contributed by atoms with Crippen molar-refractivity contribution in [3.63, 3.8) is 0 Å². The van der Waals surface area contributed by atoms with Gasteiger partial charge >= 0.3 is 7.91 Å². The highest BCUT2D eigenvalue weighted by molar-refractivity contribution is 7.48. The van der Waals surface area contributed by atoms with E-state index in [1.807, 2.05) is 13.8 Å². The molecule has 0 bridgehead atoms. The second-order valence-electron chi connectivity index (χ2n) is 4.03. The Morgan fingerprint density at radius 2 is 1.21 bits per heavy atom. The summed E-state index contributed by atoms with van der Waals surface area (Å²) in [5.74, 6) is 0. The molecule has 0 aromatic rings. The summed E-state index contributed by atoms with van der Waals surface area (Å²) in [7, 11) is -4.46. The number of rotatable bonds is 14. The maximum Gasteiger partial charge on any atom is 0.513 e. The molecule has 0 unspecified atom stereocenters. The molecule has 0 atom stereocenters. The van der Waals surface area contributed by atoms with E-state index in [0.717, 1.165) is 25.7 Å². The first kappa shape index (κ1) is 19.0. The third kappa shape index (κ3) is 14.2. The molecule has 0 saturated carbocycles. The normalized spacial score (nSPS) is 11.9. The van der Waals surface area contributed by atoms with Gasteiger partial charge in [0.05, 0.1) is 26.4 Å². The van der Waals surface area contributed by atoms with Crippen LogP contribution in [0.1, 0.15) is 39.5 Å². The second kappa shape index (κ2) is 13.0. The lowest BCUT2D eigenvalue weighted by atomic mass is 10.4. The Bertz CT molecular complexity index is 220. The molecular weight excluding hydrogens is 274 g/mol. The van der Waals surface area contributed by atoms with Gasteiger partial charge < -0.3 is 9.47 Å². The maximum atomic E-state index is 13.2. The number of hydrogen-bond donors (Lipinski definition) is 0. The van der Waals surface area contributed by atoms with E-state index in [4.69, 9.17) is 9.47 Å². The number of unbranched alkanes of at least 4 members (excludes halogenated alkanes) is 2. The monoisotopic (exact) mass is 300 g/mol. The standard InChI is InChI=1S/C12H26FO5P/c1-3-5-7-15-9-11-17-19(13,14)18-12-10-16-8-6-4-2/h3-12H2,1-2H3. The van der Waals surface area contributed by atoms with Crippen molar-refractivity contribution in [1.29, 1.82) is 0 Å². The molecule has 0 aromatic heterocycles. The van der Waals surface area contributed by atoms with Crippen LogP contribution in [0.3, 0.4) is 0 Å². The van der Waals surface area contributed by atoms with Crippen molar-refractivity contribution in [2.75, 3.05) is 39.6 Å². The number of hydrogen-bond acceptors (Lipinski definition) is 5. The van der Waals surface area contributed by atoms with Gasteiger partial charge in [-0.25, -0.2) is 4.57 Å². The van der Waals surface area contributed by atoms with Gasteiger partial charge in [-0.2, -0.15) is 0 Å². The third-order valence-electron chi connectivity index (χ3n) is 2.23. The predicted molar refractivity (Wildman–Crippen MR) is 72.1 cm³/mol. The molecule has 0 spiro atoms. The molecule has 0 heterocycles. The Morgan fingerprint density at radius 3 is 1.58 bits per heavy atom. The van der Waals surface area contributed by atoms with E-state index in [1.165, 1.54) is 0 Å². The van der Waals surface area contributed by atoms with E-state index >= 15 is 0 Å². The molecular formula is C12H26FO5P. The predicted octanol–water partition coefficient (Wildman–Crippen LogP) is 3.73. The lowest BCUT2D eigenvalue weighted by Crippen LogP contribution is -2.07. The molecule has 0 aliphatic carbocycles. The van der Waals surface area contributed by atoms with Crippen LogP contribution in [0.25, 0.3) is 0 Å². The van der Waals surface area contributed by atoms with E-state index in [0.29, 0.717) is 13.2 Å². The van der Waals surface area contributed by atoms with E-state index in [9.17, 15) is 8.76 Å². The number of halogens is 1. The first-order valence-corrected chi connectivity index (χ1v) is 8.30. The summed E-state index contributed by atoms with van der Waals surface area (Å²) in [6.07, 6.45) is 3.95. The largest absolute Gasteiger partial charge is 0.513 e. The van der Waals surface area contributed by atoms with Crippen molar-refractivity contribution < 1.29 is 27.3 Å². The average Bonchev–Trinajstić information content (AvgIpc) is 2.38. The zero-order chi connectivity index (χ0) is 14.4. The average molecular weight is 300 g/mol. The molecule has 0 N–H and O–H groups in total. The highest BCUT2D eigenvalue weighted by Crippen LogP contribution is 2.49. The quantitative estimate of drug-likeness (QED) is 0.361. The molecule has 0 aromatic carbocycles. The van der Waals surface area contributed by atoms with Crippen molar-refractivity contribution in [2.45, 2.75) is 39.5 Å². The van der Waals surface area contributed by atoms with Gasteiger partial charge in [0, 0.05) is 13.2 Å². The molecule has 0 radical (unpaired) electrons. The first-order chi connectivity index (χ1) is 9.12. The summed E-state index contributed by atoms with van der Waals surface area (Å²) in [5.41, 5.74) is 0. The van der Waals surface area contributed by atoms with Crippen molar-refractivity contribution in [3.05, 3.63) is 0 Å². The van der Waals surface area contributed by atoms with Crippen molar-refractivity contribution in [2.24, 2.45) is 0 Å². The smallest absolute Gasteiger partial charge is 0.379 e. The van der Waals surface area contributed by atoms with Crippen LogP contribution in [0, 0.1) is 0 Å². The van der Waals surface area contributed by atoms with Gasteiger partial charge in [0.25, 0.3) is 0 Å². The van der Waals surface area contributed by atoms with E-state index in [2.05, 4.69) is 9.05 Å². The molecule has 7 heteroatoms. The Balaban J connectivity index is 3.39. The molecule has 5 nitrogen and oxygen atoms in total. The molecule has 19 heavy (non-hydrogen) atoms. The minimum absolute atomic E-state index is 0.0752. The van der Waals surface area contributed by atoms with Crippen LogP contribution in [-0.4, -0.2) is 39.6 Å². The summed E-state index contributed by atoms with van der Waals surface area (Å²) in [5, 5.41) is 0. The molecule has 0 fully saturated rings. The first-order valence-electron chi connectivity index (χ1n) is 6.86. The van der Waals surface area contributed by atoms with Gasteiger partial charge in [0.15, 0.2) is 0 Å².